The van der Waals surface area contributed by atoms with Gasteiger partial charge in [0.25, 0.3) is 5.91 Å². The number of nitrogens with zero attached hydrogens (tertiary/aromatic N) is 1. The molecule has 4 aliphatic rings. The first-order valence-corrected chi connectivity index (χ1v) is 13.9. The Hall–Kier alpha value is -2.27. The molecule has 1 aromatic carbocycles. The van der Waals surface area contributed by atoms with Gasteiger partial charge in [0, 0.05) is 25.2 Å². The highest BCUT2D eigenvalue weighted by molar-refractivity contribution is 7.92. The van der Waals surface area contributed by atoms with Crippen molar-refractivity contribution in [1.29, 1.82) is 0 Å². The van der Waals surface area contributed by atoms with Crippen LogP contribution in [0.4, 0.5) is 32.0 Å². The van der Waals surface area contributed by atoms with Gasteiger partial charge in [-0.05, 0) is 37.3 Å². The predicted molar refractivity (Wildman–Crippen MR) is 113 cm³/mol. The number of nitrogens with one attached hydrogen (secondary N) is 2. The molecule has 1 unspecified atom stereocenters. The average molecular weight is 566 g/mol. The SMILES string of the molecule is O=C(NC1CC2(C(F)(F)F)CC1C2)c1ccc(OC(F)(F)F)cc1NS(=O)(=O)N1CCS(=O)(=O)CC1. The molecule has 0 aromatic heterocycles. The molecule has 202 valence electrons. The number of amides is 1. The Morgan fingerprint density at radius 2 is 1.67 bits per heavy atom. The molecule has 9 nitrogen and oxygen atoms in total. The van der Waals surface area contributed by atoms with E-state index in [1.807, 2.05) is 4.72 Å². The maximum Gasteiger partial charge on any atom is 0.573 e. The van der Waals surface area contributed by atoms with Gasteiger partial charge in [0.05, 0.1) is 28.2 Å². The van der Waals surface area contributed by atoms with E-state index in [1.54, 1.807) is 0 Å². The van der Waals surface area contributed by atoms with Crippen LogP contribution in [0.25, 0.3) is 0 Å². The van der Waals surface area contributed by atoms with Crippen LogP contribution in [-0.4, -0.2) is 70.2 Å². The summed E-state index contributed by atoms with van der Waals surface area (Å²) in [6.45, 7) is -0.831. The fourth-order valence-electron chi connectivity index (χ4n) is 4.89. The van der Waals surface area contributed by atoms with Gasteiger partial charge in [-0.2, -0.15) is 25.9 Å². The summed E-state index contributed by atoms with van der Waals surface area (Å²) in [5.41, 5.74) is -2.94. The van der Waals surface area contributed by atoms with Crippen LogP contribution in [-0.2, 0) is 20.0 Å². The quantitative estimate of drug-likeness (QED) is 0.511. The molecule has 0 spiro atoms. The molecule has 3 saturated carbocycles. The van der Waals surface area contributed by atoms with Crippen molar-refractivity contribution in [3.63, 3.8) is 0 Å². The zero-order valence-electron chi connectivity index (χ0n) is 18.3. The van der Waals surface area contributed by atoms with E-state index in [-0.39, 0.29) is 19.3 Å². The molecule has 2 N–H and O–H groups in total. The molecule has 36 heavy (non-hydrogen) atoms. The van der Waals surface area contributed by atoms with E-state index >= 15 is 0 Å². The number of alkyl halides is 6. The van der Waals surface area contributed by atoms with Gasteiger partial charge in [-0.3, -0.25) is 9.52 Å². The summed E-state index contributed by atoms with van der Waals surface area (Å²) < 4.78 is 133. The number of ether oxygens (including phenoxy) is 1. The van der Waals surface area contributed by atoms with Gasteiger partial charge in [-0.15, -0.1) is 13.2 Å². The lowest BCUT2D eigenvalue weighted by molar-refractivity contribution is -0.274. The first-order valence-electron chi connectivity index (χ1n) is 10.7. The van der Waals surface area contributed by atoms with Gasteiger partial charge >= 0.3 is 22.7 Å². The van der Waals surface area contributed by atoms with E-state index in [1.165, 1.54) is 0 Å². The number of hydrogen-bond donors (Lipinski definition) is 2. The number of carbonyl (C=O) groups excluding carboxylic acids is 1. The van der Waals surface area contributed by atoms with Gasteiger partial charge in [-0.1, -0.05) is 0 Å². The van der Waals surface area contributed by atoms with Crippen molar-refractivity contribution in [2.45, 2.75) is 37.8 Å². The van der Waals surface area contributed by atoms with Crippen LogP contribution in [0, 0.1) is 11.3 Å². The van der Waals surface area contributed by atoms with Crippen molar-refractivity contribution in [3.05, 3.63) is 23.8 Å². The molecule has 1 heterocycles. The number of fused-ring (bicyclic) bond motifs is 1. The second-order valence-electron chi connectivity index (χ2n) is 9.14. The molecule has 17 heteroatoms. The van der Waals surface area contributed by atoms with E-state index in [4.69, 9.17) is 0 Å². The highest BCUT2D eigenvalue weighted by Crippen LogP contribution is 2.66. The van der Waals surface area contributed by atoms with E-state index < -0.39 is 97.5 Å². The summed E-state index contributed by atoms with van der Waals surface area (Å²) >= 11 is 0. The Labute approximate surface area is 202 Å². The highest BCUT2D eigenvalue weighted by atomic mass is 32.2. The maximum atomic E-state index is 13.3. The second kappa shape index (κ2) is 8.65. The lowest BCUT2D eigenvalue weighted by atomic mass is 9.69. The van der Waals surface area contributed by atoms with Gasteiger partial charge in [-0.25, -0.2) is 8.42 Å². The number of anilines is 1. The smallest absolute Gasteiger partial charge is 0.406 e. The minimum atomic E-state index is -5.13. The molecule has 1 saturated heterocycles. The number of halogens is 6. The van der Waals surface area contributed by atoms with E-state index in [9.17, 15) is 48.0 Å². The Morgan fingerprint density at radius 3 is 2.19 bits per heavy atom. The fourth-order valence-corrected chi connectivity index (χ4v) is 7.56. The van der Waals surface area contributed by atoms with Crippen LogP contribution >= 0.6 is 0 Å². The predicted octanol–water partition coefficient (Wildman–Crippen LogP) is 2.43. The molecule has 0 radical (unpaired) electrons. The molecule has 2 bridgehead atoms. The average Bonchev–Trinajstić information content (AvgIpc) is 3.21. The van der Waals surface area contributed by atoms with Gasteiger partial charge in [0.15, 0.2) is 9.84 Å². The third-order valence-corrected chi connectivity index (χ3v) is 9.89. The minimum Gasteiger partial charge on any atom is -0.406 e. The summed E-state index contributed by atoms with van der Waals surface area (Å²) in [5, 5.41) is 2.44. The standard InChI is InChI=1S/C19H21F6N3O6S2/c20-18(21,22)17-8-11(9-17)15(10-17)26-16(29)13-2-1-12(34-19(23,24)25)7-14(13)27-36(32,33)28-3-5-35(30,31)6-4-28/h1-2,7,11,15,27H,3-6,8-10H2,(H,26,29). The summed E-state index contributed by atoms with van der Waals surface area (Å²) in [6, 6.07) is 1.39. The number of hydrogen-bond acceptors (Lipinski definition) is 6. The second-order valence-corrected chi connectivity index (χ2v) is 13.1. The number of benzene rings is 1. The van der Waals surface area contributed by atoms with E-state index in [0.29, 0.717) is 6.07 Å². The van der Waals surface area contributed by atoms with Crippen LogP contribution in [0.1, 0.15) is 29.6 Å². The van der Waals surface area contributed by atoms with Crippen molar-refractivity contribution < 1.29 is 52.7 Å². The van der Waals surface area contributed by atoms with Crippen LogP contribution < -0.4 is 14.8 Å². The van der Waals surface area contributed by atoms with Crippen molar-refractivity contribution in [2.24, 2.45) is 11.3 Å². The van der Waals surface area contributed by atoms with Crippen molar-refractivity contribution in [1.82, 2.24) is 9.62 Å². The molecular weight excluding hydrogens is 544 g/mol. The summed E-state index contributed by atoms with van der Waals surface area (Å²) in [7, 11) is -7.96. The topological polar surface area (TPSA) is 122 Å². The lowest BCUT2D eigenvalue weighted by Gasteiger charge is -2.39. The molecule has 5 rings (SSSR count). The lowest BCUT2D eigenvalue weighted by Crippen LogP contribution is -2.46. The van der Waals surface area contributed by atoms with Crippen LogP contribution in [0.5, 0.6) is 5.75 Å². The molecule has 1 aromatic rings. The third kappa shape index (κ3) is 5.37. The Balaban J connectivity index is 1.57. The monoisotopic (exact) mass is 565 g/mol. The molecule has 4 fully saturated rings. The van der Waals surface area contributed by atoms with Crippen LogP contribution in [0.15, 0.2) is 18.2 Å². The zero-order valence-corrected chi connectivity index (χ0v) is 20.0. The Bertz CT molecular complexity index is 1250. The number of carbonyl (C=O) groups is 1. The maximum absolute atomic E-state index is 13.3. The molecule has 1 aliphatic heterocycles. The molecular formula is C19H21F6N3O6S2. The first-order chi connectivity index (χ1) is 16.4. The normalized spacial score (nSPS) is 28.3. The minimum absolute atomic E-state index is 0.156. The van der Waals surface area contributed by atoms with Gasteiger partial charge in [0.2, 0.25) is 0 Å². The van der Waals surface area contributed by atoms with Crippen LogP contribution in [0.3, 0.4) is 0 Å². The summed E-state index contributed by atoms with van der Waals surface area (Å²) in [5.74, 6) is -3.20. The van der Waals surface area contributed by atoms with Crippen molar-refractivity contribution in [3.8, 4) is 5.75 Å². The van der Waals surface area contributed by atoms with E-state index in [2.05, 4.69) is 10.1 Å². The molecule has 1 atom stereocenters. The van der Waals surface area contributed by atoms with Crippen molar-refractivity contribution in [2.75, 3.05) is 29.3 Å². The van der Waals surface area contributed by atoms with Crippen molar-refractivity contribution >= 4 is 31.6 Å². The van der Waals surface area contributed by atoms with E-state index in [0.717, 1.165) is 16.4 Å². The Morgan fingerprint density at radius 1 is 1.06 bits per heavy atom. The zero-order chi connectivity index (χ0) is 26.7. The molecule has 3 aliphatic carbocycles. The van der Waals surface area contributed by atoms with Gasteiger partial charge < -0.3 is 10.1 Å². The number of rotatable bonds is 6. The fraction of sp³-hybridized carbons (Fsp3) is 0.632. The number of sulfone groups is 1. The summed E-state index contributed by atoms with van der Waals surface area (Å²) in [6.07, 6.45) is -10.2. The Kier molecular flexibility index (Phi) is 6.43. The van der Waals surface area contributed by atoms with Gasteiger partial charge in [0.1, 0.15) is 5.75 Å². The largest absolute Gasteiger partial charge is 0.573 e. The summed E-state index contributed by atoms with van der Waals surface area (Å²) in [4.78, 5) is 12.9. The first kappa shape index (κ1) is 26.8. The molecule has 1 amide bonds. The van der Waals surface area contributed by atoms with Crippen LogP contribution in [0.2, 0.25) is 0 Å². The third-order valence-electron chi connectivity index (χ3n) is 6.75. The highest BCUT2D eigenvalue weighted by Gasteiger charge is 2.69.